The first-order valence-electron chi connectivity index (χ1n) is 16.7. The van der Waals surface area contributed by atoms with Gasteiger partial charge in [0.15, 0.2) is 5.82 Å². The van der Waals surface area contributed by atoms with Gasteiger partial charge in [-0.1, -0.05) is 18.4 Å². The molecule has 262 valence electrons. The van der Waals surface area contributed by atoms with E-state index in [1.165, 1.54) is 31.4 Å². The molecule has 2 aromatic heterocycles. The molecule has 14 heteroatoms. The van der Waals surface area contributed by atoms with E-state index in [1.807, 2.05) is 4.90 Å². The van der Waals surface area contributed by atoms with Gasteiger partial charge < -0.3 is 40.0 Å². The zero-order chi connectivity index (χ0) is 35.0. The highest BCUT2D eigenvalue weighted by Gasteiger charge is 2.45. The maximum atomic E-state index is 17.1. The SMILES string of the molecule is C#Cc1c(F)ccc2cc(O)cc(-c3nc(OC)c4c(N5CCOCC(CNC(=O)O)C5)nc(OCC56CCCNC5CCC6)nc4c3F)c12. The molecule has 7 rings (SSSR count). The number of pyridine rings is 1. The fourth-order valence-electron chi connectivity index (χ4n) is 7.83. The van der Waals surface area contributed by atoms with Crippen molar-refractivity contribution in [2.24, 2.45) is 11.3 Å². The van der Waals surface area contributed by atoms with Crippen LogP contribution >= 0.6 is 0 Å². The van der Waals surface area contributed by atoms with Gasteiger partial charge in [-0.3, -0.25) is 0 Å². The van der Waals surface area contributed by atoms with Gasteiger partial charge in [0.25, 0.3) is 0 Å². The summed E-state index contributed by atoms with van der Waals surface area (Å²) >= 11 is 0. The summed E-state index contributed by atoms with van der Waals surface area (Å²) < 4.78 is 50.1. The summed E-state index contributed by atoms with van der Waals surface area (Å²) in [6.45, 7) is 2.67. The van der Waals surface area contributed by atoms with E-state index in [1.54, 1.807) is 0 Å². The largest absolute Gasteiger partial charge is 0.508 e. The van der Waals surface area contributed by atoms with Crippen LogP contribution in [0, 0.1) is 35.3 Å². The van der Waals surface area contributed by atoms with Crippen LogP contribution < -0.4 is 25.0 Å². The first-order valence-corrected chi connectivity index (χ1v) is 16.7. The molecule has 50 heavy (non-hydrogen) atoms. The summed E-state index contributed by atoms with van der Waals surface area (Å²) in [6.07, 6.45) is 9.67. The Kier molecular flexibility index (Phi) is 9.19. The molecule has 12 nitrogen and oxygen atoms in total. The third kappa shape index (κ3) is 6.16. The molecule has 3 atom stereocenters. The summed E-state index contributed by atoms with van der Waals surface area (Å²) in [5, 5.41) is 26.7. The Morgan fingerprint density at radius 3 is 2.86 bits per heavy atom. The number of anilines is 1. The van der Waals surface area contributed by atoms with Crippen molar-refractivity contribution in [1.82, 2.24) is 25.6 Å². The third-order valence-electron chi connectivity index (χ3n) is 10.2. The number of phenols is 1. The standard InChI is InChI=1S/C36H38F2N6O6/c1-3-23-25(37)8-7-21-14-22(45)15-24(27(21)23)30-29(38)31-28(33(41-30)48-2)32(44-12-13-49-18-20(17-44)16-40-35(46)47)43-34(42-31)50-19-36-9-4-6-26(36)39-11-5-10-36/h1,7-8,14-15,20,26,39-40,45H,4-6,9-13,16-19H2,2H3,(H,46,47). The fraction of sp³-hybridized carbons (Fsp3) is 0.444. The van der Waals surface area contributed by atoms with Gasteiger partial charge in [-0.05, 0) is 55.8 Å². The number of carboxylic acid groups (broad SMARTS) is 1. The van der Waals surface area contributed by atoms with Crippen LogP contribution in [0.5, 0.6) is 17.6 Å². The van der Waals surface area contributed by atoms with Crippen LogP contribution in [0.25, 0.3) is 32.9 Å². The molecule has 0 spiro atoms. The first kappa shape index (κ1) is 33.5. The normalized spacial score (nSPS) is 22.2. The van der Waals surface area contributed by atoms with Crippen molar-refractivity contribution < 1.29 is 38.0 Å². The van der Waals surface area contributed by atoms with Crippen molar-refractivity contribution >= 4 is 33.6 Å². The van der Waals surface area contributed by atoms with Crippen LogP contribution in [0.15, 0.2) is 24.3 Å². The first-order chi connectivity index (χ1) is 24.2. The number of nitrogens with zero attached hydrogens (tertiary/aromatic N) is 4. The van der Waals surface area contributed by atoms with Gasteiger partial charge in [0.1, 0.15) is 34.0 Å². The van der Waals surface area contributed by atoms with E-state index in [0.717, 1.165) is 38.6 Å². The van der Waals surface area contributed by atoms with Crippen molar-refractivity contribution in [2.45, 2.75) is 38.1 Å². The molecular weight excluding hydrogens is 650 g/mol. The maximum absolute atomic E-state index is 17.1. The summed E-state index contributed by atoms with van der Waals surface area (Å²) in [4.78, 5) is 27.2. The molecule has 3 unspecified atom stereocenters. The lowest BCUT2D eigenvalue weighted by molar-refractivity contribution is 0.0798. The van der Waals surface area contributed by atoms with E-state index in [-0.39, 0.29) is 74.4 Å². The molecule has 4 N–H and O–H groups in total. The number of aromatic nitrogens is 3. The van der Waals surface area contributed by atoms with Gasteiger partial charge in [-0.25, -0.2) is 18.6 Å². The lowest BCUT2D eigenvalue weighted by atomic mass is 9.76. The Hall–Kier alpha value is -5.00. The van der Waals surface area contributed by atoms with E-state index in [4.69, 9.17) is 25.6 Å². The van der Waals surface area contributed by atoms with Gasteiger partial charge in [-0.15, -0.1) is 6.42 Å². The molecule has 2 aromatic carbocycles. The second kappa shape index (κ2) is 13.7. The molecule has 2 saturated heterocycles. The predicted octanol–water partition coefficient (Wildman–Crippen LogP) is 4.84. The number of carbonyl (C=O) groups is 1. The number of ether oxygens (including phenoxy) is 3. The van der Waals surface area contributed by atoms with Crippen molar-refractivity contribution in [1.29, 1.82) is 0 Å². The number of nitrogens with one attached hydrogen (secondary N) is 2. The van der Waals surface area contributed by atoms with Crippen LogP contribution in [-0.4, -0.2) is 90.4 Å². The minimum Gasteiger partial charge on any atom is -0.508 e. The number of rotatable bonds is 8. The topological polar surface area (TPSA) is 151 Å². The van der Waals surface area contributed by atoms with Crippen LogP contribution in [0.4, 0.5) is 19.4 Å². The van der Waals surface area contributed by atoms with Gasteiger partial charge in [0.2, 0.25) is 5.88 Å². The molecule has 0 bridgehead atoms. The number of aromatic hydroxyl groups is 1. The van der Waals surface area contributed by atoms with E-state index in [9.17, 15) is 19.4 Å². The number of hydrogen-bond acceptors (Lipinski definition) is 10. The Morgan fingerprint density at radius 2 is 2.06 bits per heavy atom. The molecule has 3 fully saturated rings. The Morgan fingerprint density at radius 1 is 1.22 bits per heavy atom. The minimum atomic E-state index is -1.15. The second-order valence-electron chi connectivity index (χ2n) is 13.2. The van der Waals surface area contributed by atoms with E-state index in [2.05, 4.69) is 26.5 Å². The highest BCUT2D eigenvalue weighted by molar-refractivity contribution is 6.04. The highest BCUT2D eigenvalue weighted by Crippen LogP contribution is 2.45. The number of phenolic OH excluding ortho intramolecular Hbond substituents is 1. The van der Waals surface area contributed by atoms with Gasteiger partial charge in [-0.2, -0.15) is 9.97 Å². The zero-order valence-corrected chi connectivity index (χ0v) is 27.6. The van der Waals surface area contributed by atoms with E-state index >= 15 is 4.39 Å². The Labute approximate surface area is 287 Å². The minimum absolute atomic E-state index is 0.0237. The van der Waals surface area contributed by atoms with Crippen molar-refractivity contribution in [3.05, 3.63) is 41.5 Å². The molecule has 1 amide bonds. The Balaban J connectivity index is 1.41. The summed E-state index contributed by atoms with van der Waals surface area (Å²) in [6, 6.07) is 5.59. The quantitative estimate of drug-likeness (QED) is 0.188. The van der Waals surface area contributed by atoms with Crippen LogP contribution in [0.1, 0.15) is 37.7 Å². The molecule has 0 radical (unpaired) electrons. The fourth-order valence-corrected chi connectivity index (χ4v) is 7.83. The second-order valence-corrected chi connectivity index (χ2v) is 13.2. The number of terminal acetylenes is 1. The van der Waals surface area contributed by atoms with Crippen molar-refractivity contribution in [3.8, 4) is 41.2 Å². The number of amides is 1. The Bertz CT molecular complexity index is 2010. The lowest BCUT2D eigenvalue weighted by Gasteiger charge is -2.39. The van der Waals surface area contributed by atoms with E-state index < -0.39 is 17.7 Å². The molecule has 2 aliphatic heterocycles. The summed E-state index contributed by atoms with van der Waals surface area (Å²) in [7, 11) is 1.38. The smallest absolute Gasteiger partial charge is 0.404 e. The highest BCUT2D eigenvalue weighted by atomic mass is 19.1. The number of piperidine rings is 1. The number of halogens is 2. The molecule has 1 aliphatic carbocycles. The number of hydrogen-bond donors (Lipinski definition) is 4. The van der Waals surface area contributed by atoms with Gasteiger partial charge in [0.05, 0.1) is 32.5 Å². The molecule has 1 saturated carbocycles. The van der Waals surface area contributed by atoms with Crippen molar-refractivity contribution in [2.75, 3.05) is 58.0 Å². The van der Waals surface area contributed by atoms with Crippen LogP contribution in [0.2, 0.25) is 0 Å². The van der Waals surface area contributed by atoms with Crippen LogP contribution in [0.3, 0.4) is 0 Å². The molecule has 3 aliphatic rings. The molecule has 4 aromatic rings. The predicted molar refractivity (Wildman–Crippen MR) is 182 cm³/mol. The van der Waals surface area contributed by atoms with E-state index in [0.29, 0.717) is 44.3 Å². The monoisotopic (exact) mass is 688 g/mol. The average Bonchev–Trinajstić information content (AvgIpc) is 3.40. The van der Waals surface area contributed by atoms with Gasteiger partial charge in [0, 0.05) is 48.0 Å². The zero-order valence-electron chi connectivity index (χ0n) is 27.6. The van der Waals surface area contributed by atoms with Gasteiger partial charge >= 0.3 is 12.1 Å². The maximum Gasteiger partial charge on any atom is 0.404 e. The summed E-state index contributed by atoms with van der Waals surface area (Å²) in [5.41, 5.74) is -0.577. The number of methoxy groups -OCH3 is 1. The van der Waals surface area contributed by atoms with Crippen molar-refractivity contribution in [3.63, 3.8) is 0 Å². The lowest BCUT2D eigenvalue weighted by Crippen LogP contribution is -2.49. The number of fused-ring (bicyclic) bond motifs is 3. The average molecular weight is 689 g/mol. The van der Waals surface area contributed by atoms with Crippen LogP contribution in [-0.2, 0) is 4.74 Å². The molecular formula is C36H38F2N6O6. The molecule has 4 heterocycles. The third-order valence-corrected chi connectivity index (χ3v) is 10.2. The number of benzene rings is 2. The summed E-state index contributed by atoms with van der Waals surface area (Å²) in [5.74, 6) is 0.599.